The summed E-state index contributed by atoms with van der Waals surface area (Å²) in [5, 5.41) is 9.39. The largest absolute Gasteiger partial charge is 0.479 e. The van der Waals surface area contributed by atoms with Crippen LogP contribution in [0.4, 0.5) is 0 Å². The second kappa shape index (κ2) is 9.05. The topological polar surface area (TPSA) is 81.8 Å². The Morgan fingerprint density at radius 3 is 1.83 bits per heavy atom. The van der Waals surface area contributed by atoms with Gasteiger partial charge in [0.1, 0.15) is 6.10 Å². The summed E-state index contributed by atoms with van der Waals surface area (Å²) < 4.78 is 11.2. The Balaban J connectivity index is 1.94. The maximum atomic E-state index is 11.5. The summed E-state index contributed by atoms with van der Waals surface area (Å²) in [6, 6.07) is 18.9. The van der Waals surface area contributed by atoms with Gasteiger partial charge in [0.05, 0.1) is 13.2 Å². The van der Waals surface area contributed by atoms with E-state index in [1.807, 2.05) is 60.7 Å². The fraction of sp³-hybridized carbons (Fsp3) is 0.278. The normalized spacial score (nSPS) is 13.4. The molecule has 3 N–H and O–H groups in total. The Morgan fingerprint density at radius 1 is 0.913 bits per heavy atom. The molecule has 23 heavy (non-hydrogen) atoms. The Labute approximate surface area is 135 Å². The lowest BCUT2D eigenvalue weighted by Crippen LogP contribution is -2.43. The fourth-order valence-corrected chi connectivity index (χ4v) is 2.15. The Bertz CT molecular complexity index is 588. The molecule has 0 heterocycles. The molecular formula is C18H21NO4. The first-order valence-electron chi connectivity index (χ1n) is 7.44. The molecule has 0 bridgehead atoms. The minimum absolute atomic E-state index is 0.0680. The highest BCUT2D eigenvalue weighted by Crippen LogP contribution is 2.11. The van der Waals surface area contributed by atoms with Crippen molar-refractivity contribution in [1.29, 1.82) is 0 Å². The molecule has 122 valence electrons. The van der Waals surface area contributed by atoms with Crippen molar-refractivity contribution in [3.63, 3.8) is 0 Å². The predicted octanol–water partition coefficient (Wildman–Crippen LogP) is 2.20. The summed E-state index contributed by atoms with van der Waals surface area (Å²) >= 11 is 0. The van der Waals surface area contributed by atoms with Crippen LogP contribution in [0.15, 0.2) is 60.7 Å². The molecule has 2 atom stereocenters. The van der Waals surface area contributed by atoms with Gasteiger partial charge in [0, 0.05) is 6.54 Å². The predicted molar refractivity (Wildman–Crippen MR) is 86.7 cm³/mol. The molecule has 5 heteroatoms. The quantitative estimate of drug-likeness (QED) is 0.741. The molecule has 0 radical (unpaired) electrons. The van der Waals surface area contributed by atoms with Gasteiger partial charge >= 0.3 is 5.97 Å². The van der Waals surface area contributed by atoms with E-state index in [1.165, 1.54) is 0 Å². The lowest BCUT2D eigenvalue weighted by molar-refractivity contribution is -0.163. The highest BCUT2D eigenvalue weighted by atomic mass is 16.6. The summed E-state index contributed by atoms with van der Waals surface area (Å²) in [4.78, 5) is 11.5. The average molecular weight is 315 g/mol. The number of carbonyl (C=O) groups is 1. The van der Waals surface area contributed by atoms with E-state index in [2.05, 4.69) is 0 Å². The highest BCUT2D eigenvalue weighted by Gasteiger charge is 2.29. The minimum Gasteiger partial charge on any atom is -0.479 e. The molecule has 0 saturated heterocycles. The Kier molecular flexibility index (Phi) is 6.75. The molecule has 0 aliphatic heterocycles. The Hall–Kier alpha value is -2.21. The van der Waals surface area contributed by atoms with E-state index in [4.69, 9.17) is 15.2 Å². The lowest BCUT2D eigenvalue weighted by atomic mass is 10.2. The summed E-state index contributed by atoms with van der Waals surface area (Å²) in [7, 11) is 0. The van der Waals surface area contributed by atoms with E-state index in [0.717, 1.165) is 11.1 Å². The van der Waals surface area contributed by atoms with Gasteiger partial charge in [-0.3, -0.25) is 0 Å². The number of ether oxygens (including phenoxy) is 2. The van der Waals surface area contributed by atoms with E-state index in [-0.39, 0.29) is 13.2 Å². The zero-order chi connectivity index (χ0) is 16.5. The van der Waals surface area contributed by atoms with Crippen molar-refractivity contribution in [2.45, 2.75) is 25.4 Å². The van der Waals surface area contributed by atoms with Gasteiger partial charge < -0.3 is 20.3 Å². The minimum atomic E-state index is -1.11. The van der Waals surface area contributed by atoms with Gasteiger partial charge in [-0.15, -0.1) is 0 Å². The molecule has 0 unspecified atom stereocenters. The van der Waals surface area contributed by atoms with Gasteiger partial charge in [-0.2, -0.15) is 0 Å². The standard InChI is InChI=1S/C18H21NO4/c19-11-16(22-12-14-7-3-1-4-8-14)17(18(20)21)23-13-15-9-5-2-6-10-15/h1-10,16-17H,11-13,19H2,(H,20,21)/t16-,17-/m0/s1. The van der Waals surface area contributed by atoms with E-state index in [0.29, 0.717) is 6.61 Å². The first-order chi connectivity index (χ1) is 11.2. The molecule has 0 aliphatic carbocycles. The molecule has 2 rings (SSSR count). The van der Waals surface area contributed by atoms with Crippen molar-refractivity contribution in [2.75, 3.05) is 6.54 Å². The molecule has 0 spiro atoms. The molecule has 0 aromatic heterocycles. The number of carboxylic acid groups (broad SMARTS) is 1. The van der Waals surface area contributed by atoms with Gasteiger partial charge in [0.2, 0.25) is 0 Å². The third-order valence-electron chi connectivity index (χ3n) is 3.39. The van der Waals surface area contributed by atoms with E-state index < -0.39 is 18.2 Å². The molecule has 5 nitrogen and oxygen atoms in total. The first-order valence-corrected chi connectivity index (χ1v) is 7.44. The number of rotatable bonds is 9. The number of nitrogens with two attached hydrogens (primary N) is 1. The van der Waals surface area contributed by atoms with Crippen molar-refractivity contribution >= 4 is 5.97 Å². The van der Waals surface area contributed by atoms with Crippen molar-refractivity contribution in [3.05, 3.63) is 71.8 Å². The average Bonchev–Trinajstić information content (AvgIpc) is 2.59. The van der Waals surface area contributed by atoms with E-state index >= 15 is 0 Å². The first kappa shape index (κ1) is 17.1. The molecule has 0 amide bonds. The van der Waals surface area contributed by atoms with Gasteiger partial charge in [-0.1, -0.05) is 60.7 Å². The van der Waals surface area contributed by atoms with Crippen LogP contribution in [-0.2, 0) is 27.5 Å². The van der Waals surface area contributed by atoms with Gasteiger partial charge in [-0.25, -0.2) is 4.79 Å². The molecule has 0 aliphatic rings. The summed E-state index contributed by atoms with van der Waals surface area (Å²) in [6.45, 7) is 0.558. The molecule has 2 aromatic carbocycles. The second-order valence-corrected chi connectivity index (χ2v) is 5.13. The van der Waals surface area contributed by atoms with Gasteiger partial charge in [0.15, 0.2) is 6.10 Å². The van der Waals surface area contributed by atoms with Crippen molar-refractivity contribution in [2.24, 2.45) is 5.73 Å². The van der Waals surface area contributed by atoms with Crippen LogP contribution in [0.1, 0.15) is 11.1 Å². The van der Waals surface area contributed by atoms with Crippen LogP contribution in [0.3, 0.4) is 0 Å². The van der Waals surface area contributed by atoms with E-state index in [1.54, 1.807) is 0 Å². The van der Waals surface area contributed by atoms with Crippen molar-refractivity contribution < 1.29 is 19.4 Å². The maximum Gasteiger partial charge on any atom is 0.335 e. The summed E-state index contributed by atoms with van der Waals surface area (Å²) in [5.74, 6) is -1.08. The zero-order valence-electron chi connectivity index (χ0n) is 12.8. The molecule has 0 fully saturated rings. The fourth-order valence-electron chi connectivity index (χ4n) is 2.15. The Morgan fingerprint density at radius 2 is 1.39 bits per heavy atom. The SMILES string of the molecule is NC[C@H](OCc1ccccc1)[C@H](OCc1ccccc1)C(=O)O. The van der Waals surface area contributed by atoms with Crippen LogP contribution >= 0.6 is 0 Å². The molecule has 2 aromatic rings. The zero-order valence-corrected chi connectivity index (χ0v) is 12.8. The van der Waals surface area contributed by atoms with Crippen LogP contribution in [0, 0.1) is 0 Å². The van der Waals surface area contributed by atoms with E-state index in [9.17, 15) is 9.90 Å². The summed E-state index contributed by atoms with van der Waals surface area (Å²) in [6.07, 6.45) is -1.82. The van der Waals surface area contributed by atoms with Crippen LogP contribution in [0.5, 0.6) is 0 Å². The van der Waals surface area contributed by atoms with Crippen LogP contribution < -0.4 is 5.73 Å². The number of hydrogen-bond acceptors (Lipinski definition) is 4. The summed E-state index contributed by atoms with van der Waals surface area (Å²) in [5.41, 5.74) is 7.53. The van der Waals surface area contributed by atoms with Gasteiger partial charge in [-0.05, 0) is 11.1 Å². The molecular weight excluding hydrogens is 294 g/mol. The highest BCUT2D eigenvalue weighted by molar-refractivity contribution is 5.73. The second-order valence-electron chi connectivity index (χ2n) is 5.13. The van der Waals surface area contributed by atoms with Crippen LogP contribution in [-0.4, -0.2) is 29.8 Å². The van der Waals surface area contributed by atoms with Crippen molar-refractivity contribution in [3.8, 4) is 0 Å². The smallest absolute Gasteiger partial charge is 0.335 e. The van der Waals surface area contributed by atoms with Gasteiger partial charge in [0.25, 0.3) is 0 Å². The number of benzene rings is 2. The number of aliphatic carboxylic acids is 1. The monoisotopic (exact) mass is 315 g/mol. The van der Waals surface area contributed by atoms with Crippen LogP contribution in [0.2, 0.25) is 0 Å². The molecule has 0 saturated carbocycles. The lowest BCUT2D eigenvalue weighted by Gasteiger charge is -2.23. The third-order valence-corrected chi connectivity index (χ3v) is 3.39. The van der Waals surface area contributed by atoms with Crippen LogP contribution in [0.25, 0.3) is 0 Å². The number of hydrogen-bond donors (Lipinski definition) is 2. The number of carboxylic acids is 1. The third kappa shape index (κ3) is 5.49. The maximum absolute atomic E-state index is 11.5. The van der Waals surface area contributed by atoms with Crippen molar-refractivity contribution in [1.82, 2.24) is 0 Å².